The lowest BCUT2D eigenvalue weighted by atomic mass is 9.77. The highest BCUT2D eigenvalue weighted by atomic mass is 35.5. The van der Waals surface area contributed by atoms with E-state index in [-0.39, 0.29) is 35.6 Å². The second-order valence-electron chi connectivity index (χ2n) is 8.66. The molecule has 0 aliphatic carbocycles. The number of urea groups is 1. The van der Waals surface area contributed by atoms with Crippen LogP contribution in [0.4, 0.5) is 13.6 Å². The summed E-state index contributed by atoms with van der Waals surface area (Å²) in [5.41, 5.74) is -0.339. The quantitative estimate of drug-likeness (QED) is 0.633. The van der Waals surface area contributed by atoms with Crippen molar-refractivity contribution in [2.45, 2.75) is 47.9 Å². The summed E-state index contributed by atoms with van der Waals surface area (Å²) in [6, 6.07) is 5.93. The molecule has 3 heterocycles. The molecule has 2 fully saturated rings. The van der Waals surface area contributed by atoms with Crippen molar-refractivity contribution < 1.29 is 26.7 Å². The highest BCUT2D eigenvalue weighted by molar-refractivity contribution is 7.92. The number of carbonyl (C=O) groups excluding carboxylic acids is 1. The van der Waals surface area contributed by atoms with Crippen molar-refractivity contribution in [3.63, 3.8) is 0 Å². The first-order chi connectivity index (χ1) is 15.7. The van der Waals surface area contributed by atoms with Gasteiger partial charge in [0.25, 0.3) is 0 Å². The Hall–Kier alpha value is -2.39. The Morgan fingerprint density at radius 1 is 1.12 bits per heavy atom. The van der Waals surface area contributed by atoms with Gasteiger partial charge in [0.15, 0.2) is 21.4 Å². The molecule has 5 rings (SSSR count). The molecule has 6 nitrogen and oxygen atoms in total. The lowest BCUT2D eigenvalue weighted by Crippen LogP contribution is -2.70. The van der Waals surface area contributed by atoms with Crippen molar-refractivity contribution in [3.8, 4) is 5.75 Å². The van der Waals surface area contributed by atoms with Gasteiger partial charge < -0.3 is 14.5 Å². The largest absolute Gasteiger partial charge is 0.488 e. The Labute approximate surface area is 196 Å². The van der Waals surface area contributed by atoms with Crippen LogP contribution in [0.3, 0.4) is 0 Å². The Balaban J connectivity index is 1.78. The van der Waals surface area contributed by atoms with Crippen LogP contribution in [0, 0.1) is 11.6 Å². The standard InChI is InChI=1S/C23H23ClF2N2O4S/c1-2-27-12-10-15-9-11-23(33(30,31)16-5-3-14(24)4-6-16)19(28(15)22(27)29)13-32-21-18(26)8-7-17(25)20(21)23/h3-8,15,19H,2,9-13H2,1H3/t15-,19+,23-/m0/s1. The van der Waals surface area contributed by atoms with Gasteiger partial charge in [-0.1, -0.05) is 11.6 Å². The number of benzene rings is 2. The number of carbonyl (C=O) groups is 1. The summed E-state index contributed by atoms with van der Waals surface area (Å²) in [5.74, 6) is -2.11. The molecule has 0 N–H and O–H groups in total. The number of piperidine rings is 1. The summed E-state index contributed by atoms with van der Waals surface area (Å²) < 4.78 is 62.4. The van der Waals surface area contributed by atoms with Crippen LogP contribution < -0.4 is 4.74 Å². The maximum Gasteiger partial charge on any atom is 0.320 e. The van der Waals surface area contributed by atoms with Crippen LogP contribution in [0.1, 0.15) is 31.7 Å². The summed E-state index contributed by atoms with van der Waals surface area (Å²) in [4.78, 5) is 16.5. The summed E-state index contributed by atoms with van der Waals surface area (Å²) in [7, 11) is -4.31. The van der Waals surface area contributed by atoms with Gasteiger partial charge in [-0.25, -0.2) is 22.0 Å². The number of rotatable bonds is 3. The van der Waals surface area contributed by atoms with E-state index in [1.807, 2.05) is 6.92 Å². The predicted molar refractivity (Wildman–Crippen MR) is 118 cm³/mol. The average Bonchev–Trinajstić information content (AvgIpc) is 2.81. The molecule has 3 aliphatic heterocycles. The Morgan fingerprint density at radius 3 is 2.52 bits per heavy atom. The lowest BCUT2D eigenvalue weighted by molar-refractivity contribution is -0.00175. The zero-order valence-corrected chi connectivity index (χ0v) is 19.5. The fourth-order valence-electron chi connectivity index (χ4n) is 5.61. The molecular weight excluding hydrogens is 474 g/mol. The van der Waals surface area contributed by atoms with Gasteiger partial charge in [-0.15, -0.1) is 0 Å². The minimum atomic E-state index is -4.31. The van der Waals surface area contributed by atoms with Crippen molar-refractivity contribution in [2.75, 3.05) is 19.7 Å². The molecular formula is C23H23ClF2N2O4S. The van der Waals surface area contributed by atoms with Gasteiger partial charge in [0.2, 0.25) is 0 Å². The average molecular weight is 497 g/mol. The molecule has 176 valence electrons. The van der Waals surface area contributed by atoms with Gasteiger partial charge in [-0.05, 0) is 62.6 Å². The molecule has 2 aromatic carbocycles. The fraction of sp³-hybridized carbons (Fsp3) is 0.435. The topological polar surface area (TPSA) is 66.9 Å². The van der Waals surface area contributed by atoms with E-state index in [9.17, 15) is 17.6 Å². The molecule has 2 amide bonds. The van der Waals surface area contributed by atoms with Gasteiger partial charge in [0, 0.05) is 24.2 Å². The Kier molecular flexibility index (Phi) is 5.32. The number of amides is 2. The number of ether oxygens (including phenoxy) is 1. The first kappa shape index (κ1) is 22.4. The number of hydrogen-bond acceptors (Lipinski definition) is 4. The van der Waals surface area contributed by atoms with Gasteiger partial charge in [0.1, 0.15) is 17.2 Å². The number of fused-ring (bicyclic) bond motifs is 5. The second-order valence-corrected chi connectivity index (χ2v) is 11.3. The number of sulfone groups is 1. The van der Waals surface area contributed by atoms with Crippen LogP contribution in [0.5, 0.6) is 5.75 Å². The van der Waals surface area contributed by atoms with Crippen molar-refractivity contribution >= 4 is 27.5 Å². The summed E-state index contributed by atoms with van der Waals surface area (Å²) in [5, 5.41) is 0.348. The van der Waals surface area contributed by atoms with E-state index < -0.39 is 38.0 Å². The molecule has 0 spiro atoms. The molecule has 0 aromatic heterocycles. The van der Waals surface area contributed by atoms with E-state index in [1.165, 1.54) is 29.2 Å². The van der Waals surface area contributed by atoms with Crippen molar-refractivity contribution in [1.82, 2.24) is 9.80 Å². The van der Waals surface area contributed by atoms with Crippen LogP contribution in [0.25, 0.3) is 0 Å². The van der Waals surface area contributed by atoms with Crippen molar-refractivity contribution in [3.05, 3.63) is 58.6 Å². The zero-order valence-electron chi connectivity index (χ0n) is 17.9. The molecule has 0 radical (unpaired) electrons. The number of nitrogens with zero attached hydrogens (tertiary/aromatic N) is 2. The van der Waals surface area contributed by atoms with Crippen LogP contribution in [-0.2, 0) is 14.6 Å². The molecule has 2 aromatic rings. The van der Waals surface area contributed by atoms with Crippen molar-refractivity contribution in [2.24, 2.45) is 0 Å². The van der Waals surface area contributed by atoms with E-state index in [4.69, 9.17) is 16.3 Å². The normalized spacial score (nSPS) is 26.8. The van der Waals surface area contributed by atoms with E-state index in [1.54, 1.807) is 4.90 Å². The Morgan fingerprint density at radius 2 is 1.82 bits per heavy atom. The molecule has 2 saturated heterocycles. The van der Waals surface area contributed by atoms with Crippen molar-refractivity contribution in [1.29, 1.82) is 0 Å². The molecule has 0 unspecified atom stereocenters. The molecule has 3 aliphatic rings. The minimum Gasteiger partial charge on any atom is -0.488 e. The third-order valence-electron chi connectivity index (χ3n) is 7.19. The highest BCUT2D eigenvalue weighted by Gasteiger charge is 2.64. The van der Waals surface area contributed by atoms with Crippen LogP contribution in [-0.4, -0.2) is 56.0 Å². The SMILES string of the molecule is CCN1CC[C@@H]2CC[C@@]3(S(=O)(=O)c4ccc(Cl)cc4)c4c(F)ccc(F)c4OC[C@H]3N2C1=O. The maximum atomic E-state index is 15.4. The zero-order chi connectivity index (χ0) is 23.5. The molecule has 33 heavy (non-hydrogen) atoms. The highest BCUT2D eigenvalue weighted by Crippen LogP contribution is 2.55. The Bertz CT molecular complexity index is 1220. The van der Waals surface area contributed by atoms with E-state index in [0.717, 1.165) is 12.1 Å². The van der Waals surface area contributed by atoms with E-state index in [2.05, 4.69) is 0 Å². The fourth-order valence-corrected chi connectivity index (χ4v) is 8.03. The molecule has 3 atom stereocenters. The maximum absolute atomic E-state index is 15.4. The smallest absolute Gasteiger partial charge is 0.320 e. The first-order valence-electron chi connectivity index (χ1n) is 10.9. The third-order valence-corrected chi connectivity index (χ3v) is 9.98. The third kappa shape index (κ3) is 3.08. The van der Waals surface area contributed by atoms with Gasteiger partial charge in [0.05, 0.1) is 16.5 Å². The van der Waals surface area contributed by atoms with Gasteiger partial charge in [-0.2, -0.15) is 0 Å². The monoisotopic (exact) mass is 496 g/mol. The predicted octanol–water partition coefficient (Wildman–Crippen LogP) is 4.36. The van der Waals surface area contributed by atoms with Gasteiger partial charge >= 0.3 is 6.03 Å². The summed E-state index contributed by atoms with van der Waals surface area (Å²) >= 11 is 5.97. The van der Waals surface area contributed by atoms with Crippen LogP contribution in [0.2, 0.25) is 5.02 Å². The minimum absolute atomic E-state index is 0.0416. The number of hydrogen-bond donors (Lipinski definition) is 0. The van der Waals surface area contributed by atoms with E-state index >= 15 is 4.39 Å². The molecule has 0 saturated carbocycles. The second kappa shape index (κ2) is 7.84. The van der Waals surface area contributed by atoms with Crippen LogP contribution >= 0.6 is 11.6 Å². The lowest BCUT2D eigenvalue weighted by Gasteiger charge is -2.57. The molecule has 0 bridgehead atoms. The summed E-state index contributed by atoms with van der Waals surface area (Å²) in [6.07, 6.45) is 1.06. The van der Waals surface area contributed by atoms with Crippen LogP contribution in [0.15, 0.2) is 41.3 Å². The summed E-state index contributed by atoms with van der Waals surface area (Å²) in [6.45, 7) is 2.63. The molecule has 10 heteroatoms. The first-order valence-corrected chi connectivity index (χ1v) is 12.8. The van der Waals surface area contributed by atoms with E-state index in [0.29, 0.717) is 31.0 Å². The van der Waals surface area contributed by atoms with Gasteiger partial charge in [-0.3, -0.25) is 0 Å². The number of halogens is 3.